The molecule has 0 saturated heterocycles. The van der Waals surface area contributed by atoms with Gasteiger partial charge in [0.2, 0.25) is 0 Å². The third-order valence-corrected chi connectivity index (χ3v) is 4.27. The van der Waals surface area contributed by atoms with Crippen LogP contribution in [0.3, 0.4) is 0 Å². The maximum atomic E-state index is 6.18. The summed E-state index contributed by atoms with van der Waals surface area (Å²) in [5.41, 5.74) is 7.29. The molecule has 2 N–H and O–H groups in total. The van der Waals surface area contributed by atoms with Crippen LogP contribution >= 0.6 is 15.9 Å². The van der Waals surface area contributed by atoms with Crippen LogP contribution in [-0.4, -0.2) is 12.1 Å². The fourth-order valence-corrected chi connectivity index (χ4v) is 2.95. The van der Waals surface area contributed by atoms with E-state index in [1.165, 1.54) is 31.2 Å². The Morgan fingerprint density at radius 2 is 2.11 bits per heavy atom. The second-order valence-electron chi connectivity index (χ2n) is 5.12. The van der Waals surface area contributed by atoms with E-state index in [-0.39, 0.29) is 6.04 Å². The molecule has 0 radical (unpaired) electrons. The number of halogens is 1. The summed E-state index contributed by atoms with van der Waals surface area (Å²) in [4.78, 5) is 0. The highest BCUT2D eigenvalue weighted by molar-refractivity contribution is 9.10. The maximum Gasteiger partial charge on any atom is 0.137 e. The second kappa shape index (κ2) is 6.58. The number of rotatable bonds is 5. The third-order valence-electron chi connectivity index (χ3n) is 3.64. The minimum Gasteiger partial charge on any atom is -0.489 e. The van der Waals surface area contributed by atoms with Crippen molar-refractivity contribution in [3.05, 3.63) is 28.2 Å². The Bertz CT molecular complexity index is 388. The molecule has 2 rings (SSSR count). The van der Waals surface area contributed by atoms with E-state index in [4.69, 9.17) is 10.5 Å². The van der Waals surface area contributed by atoms with Gasteiger partial charge in [0, 0.05) is 6.04 Å². The van der Waals surface area contributed by atoms with Gasteiger partial charge in [0.1, 0.15) is 5.75 Å². The van der Waals surface area contributed by atoms with E-state index in [0.717, 1.165) is 23.1 Å². The van der Waals surface area contributed by atoms with Gasteiger partial charge < -0.3 is 10.5 Å². The van der Waals surface area contributed by atoms with Crippen molar-refractivity contribution >= 4 is 15.9 Å². The fourth-order valence-electron chi connectivity index (χ4n) is 2.45. The standard InChI is InChI=1S/C15H22BrNO/c1-2-12(17)10-11-6-5-9-14(16)15(11)18-13-7-3-4-8-13/h5-6,9,12-13H,2-4,7-8,10,17H2,1H3. The molecule has 0 amide bonds. The van der Waals surface area contributed by atoms with Crippen LogP contribution in [0.15, 0.2) is 22.7 Å². The average Bonchev–Trinajstić information content (AvgIpc) is 2.86. The lowest BCUT2D eigenvalue weighted by Gasteiger charge is -2.19. The molecule has 1 fully saturated rings. The van der Waals surface area contributed by atoms with Crippen LogP contribution in [0.25, 0.3) is 0 Å². The number of hydrogen-bond acceptors (Lipinski definition) is 2. The summed E-state index contributed by atoms with van der Waals surface area (Å²) in [6.07, 6.45) is 7.22. The largest absolute Gasteiger partial charge is 0.489 e. The molecule has 0 bridgehead atoms. The van der Waals surface area contributed by atoms with Crippen molar-refractivity contribution in [1.29, 1.82) is 0 Å². The summed E-state index contributed by atoms with van der Waals surface area (Å²) >= 11 is 3.60. The van der Waals surface area contributed by atoms with E-state index in [1.54, 1.807) is 0 Å². The molecule has 1 atom stereocenters. The molecule has 0 aliphatic heterocycles. The Labute approximate surface area is 118 Å². The number of benzene rings is 1. The Kier molecular flexibility index (Phi) is 5.07. The summed E-state index contributed by atoms with van der Waals surface area (Å²) in [5.74, 6) is 1.01. The van der Waals surface area contributed by atoms with E-state index >= 15 is 0 Å². The number of ether oxygens (including phenoxy) is 1. The molecule has 2 nitrogen and oxygen atoms in total. The molecular formula is C15H22BrNO. The van der Waals surface area contributed by atoms with Crippen LogP contribution in [0.2, 0.25) is 0 Å². The predicted molar refractivity (Wildman–Crippen MR) is 79.0 cm³/mol. The minimum absolute atomic E-state index is 0.213. The van der Waals surface area contributed by atoms with Crippen LogP contribution in [0.5, 0.6) is 5.75 Å². The molecule has 3 heteroatoms. The van der Waals surface area contributed by atoms with Crippen LogP contribution in [0, 0.1) is 0 Å². The molecule has 0 heterocycles. The summed E-state index contributed by atoms with van der Waals surface area (Å²) in [6.45, 7) is 2.13. The van der Waals surface area contributed by atoms with E-state index in [2.05, 4.69) is 35.0 Å². The van der Waals surface area contributed by atoms with Gasteiger partial charge in [0.15, 0.2) is 0 Å². The monoisotopic (exact) mass is 311 g/mol. The van der Waals surface area contributed by atoms with Crippen molar-refractivity contribution in [2.24, 2.45) is 5.73 Å². The smallest absolute Gasteiger partial charge is 0.137 e. The molecule has 1 aliphatic rings. The molecule has 1 aromatic carbocycles. The molecule has 1 aromatic rings. The van der Waals surface area contributed by atoms with Crippen LogP contribution < -0.4 is 10.5 Å². The van der Waals surface area contributed by atoms with E-state index < -0.39 is 0 Å². The zero-order valence-corrected chi connectivity index (χ0v) is 12.6. The van der Waals surface area contributed by atoms with E-state index in [0.29, 0.717) is 6.10 Å². The van der Waals surface area contributed by atoms with Gasteiger partial charge in [-0.3, -0.25) is 0 Å². The van der Waals surface area contributed by atoms with Gasteiger partial charge in [-0.1, -0.05) is 19.1 Å². The topological polar surface area (TPSA) is 35.2 Å². The van der Waals surface area contributed by atoms with Gasteiger partial charge in [0.05, 0.1) is 10.6 Å². The van der Waals surface area contributed by atoms with E-state index in [1.807, 2.05) is 6.07 Å². The molecule has 1 saturated carbocycles. The zero-order valence-electron chi connectivity index (χ0n) is 11.0. The van der Waals surface area contributed by atoms with Gasteiger partial charge in [-0.15, -0.1) is 0 Å². The lowest BCUT2D eigenvalue weighted by Crippen LogP contribution is -2.22. The minimum atomic E-state index is 0.213. The zero-order chi connectivity index (χ0) is 13.0. The Morgan fingerprint density at radius 3 is 2.78 bits per heavy atom. The van der Waals surface area contributed by atoms with Gasteiger partial charge in [-0.2, -0.15) is 0 Å². The van der Waals surface area contributed by atoms with Crippen molar-refractivity contribution in [2.45, 2.75) is 57.6 Å². The second-order valence-corrected chi connectivity index (χ2v) is 5.98. The Hall–Kier alpha value is -0.540. The van der Waals surface area contributed by atoms with Crippen LogP contribution in [0.4, 0.5) is 0 Å². The lowest BCUT2D eigenvalue weighted by molar-refractivity contribution is 0.206. The highest BCUT2D eigenvalue weighted by atomic mass is 79.9. The normalized spacial score (nSPS) is 17.9. The lowest BCUT2D eigenvalue weighted by atomic mass is 10.0. The molecular weight excluding hydrogens is 290 g/mol. The number of hydrogen-bond donors (Lipinski definition) is 1. The number of para-hydroxylation sites is 1. The Balaban J connectivity index is 2.14. The van der Waals surface area contributed by atoms with Crippen molar-refractivity contribution in [3.8, 4) is 5.75 Å². The average molecular weight is 312 g/mol. The van der Waals surface area contributed by atoms with Gasteiger partial charge in [-0.25, -0.2) is 0 Å². The fraction of sp³-hybridized carbons (Fsp3) is 0.600. The maximum absolute atomic E-state index is 6.18. The summed E-state index contributed by atoms with van der Waals surface area (Å²) in [5, 5.41) is 0. The first-order valence-corrected chi connectivity index (χ1v) is 7.69. The number of nitrogens with two attached hydrogens (primary N) is 1. The van der Waals surface area contributed by atoms with Crippen molar-refractivity contribution in [2.75, 3.05) is 0 Å². The first kappa shape index (κ1) is 13.9. The van der Waals surface area contributed by atoms with Crippen LogP contribution in [0.1, 0.15) is 44.6 Å². The summed E-state index contributed by atoms with van der Waals surface area (Å²) < 4.78 is 7.23. The highest BCUT2D eigenvalue weighted by Crippen LogP contribution is 2.33. The Morgan fingerprint density at radius 1 is 1.39 bits per heavy atom. The molecule has 0 spiro atoms. The van der Waals surface area contributed by atoms with Crippen molar-refractivity contribution < 1.29 is 4.74 Å². The molecule has 1 unspecified atom stereocenters. The summed E-state index contributed by atoms with van der Waals surface area (Å²) in [7, 11) is 0. The predicted octanol–water partition coefficient (Wildman–Crippen LogP) is 4.05. The van der Waals surface area contributed by atoms with E-state index in [9.17, 15) is 0 Å². The van der Waals surface area contributed by atoms with Gasteiger partial charge in [0.25, 0.3) is 0 Å². The molecule has 18 heavy (non-hydrogen) atoms. The quantitative estimate of drug-likeness (QED) is 0.890. The first-order valence-electron chi connectivity index (χ1n) is 6.90. The molecule has 1 aliphatic carbocycles. The molecule has 100 valence electrons. The molecule has 0 aromatic heterocycles. The van der Waals surface area contributed by atoms with Crippen molar-refractivity contribution in [1.82, 2.24) is 0 Å². The summed E-state index contributed by atoms with van der Waals surface area (Å²) in [6, 6.07) is 6.45. The van der Waals surface area contributed by atoms with Crippen LogP contribution in [-0.2, 0) is 6.42 Å². The van der Waals surface area contributed by atoms with Gasteiger partial charge >= 0.3 is 0 Å². The van der Waals surface area contributed by atoms with Gasteiger partial charge in [-0.05, 0) is 66.1 Å². The van der Waals surface area contributed by atoms with Crippen molar-refractivity contribution in [3.63, 3.8) is 0 Å². The third kappa shape index (κ3) is 3.48. The first-order chi connectivity index (χ1) is 8.70. The SMILES string of the molecule is CCC(N)Cc1cccc(Br)c1OC1CCCC1. The highest BCUT2D eigenvalue weighted by Gasteiger charge is 2.19.